The second kappa shape index (κ2) is 6.83. The maximum Gasteiger partial charge on any atom is 0.321 e. The van der Waals surface area contributed by atoms with Crippen molar-refractivity contribution in [2.24, 2.45) is 0 Å². The van der Waals surface area contributed by atoms with Gasteiger partial charge in [-0.25, -0.2) is 9.18 Å². The van der Waals surface area contributed by atoms with Crippen LogP contribution in [-0.4, -0.2) is 30.6 Å². The first kappa shape index (κ1) is 15.0. The third-order valence-corrected chi connectivity index (χ3v) is 2.77. The lowest BCUT2D eigenvalue weighted by molar-refractivity contribution is -0.147. The van der Waals surface area contributed by atoms with Crippen molar-refractivity contribution in [3.8, 4) is 0 Å². The van der Waals surface area contributed by atoms with Crippen LogP contribution in [0.5, 0.6) is 0 Å². The Kier molecular flexibility index (Phi) is 4.86. The van der Waals surface area contributed by atoms with Gasteiger partial charge in [-0.3, -0.25) is 14.9 Å². The molecule has 6 nitrogen and oxygen atoms in total. The van der Waals surface area contributed by atoms with Crippen molar-refractivity contribution in [3.05, 3.63) is 35.6 Å². The van der Waals surface area contributed by atoms with Gasteiger partial charge in [0.1, 0.15) is 5.82 Å². The molecular formula is C14H15FN2O4. The molecule has 0 heterocycles. The molecule has 112 valence electrons. The summed E-state index contributed by atoms with van der Waals surface area (Å²) in [6.45, 7) is -0.549. The fourth-order valence-corrected chi connectivity index (χ4v) is 1.62. The number of urea groups is 1. The summed E-state index contributed by atoms with van der Waals surface area (Å²) in [5.41, 5.74) is 0.451. The molecule has 1 aromatic rings. The number of carbonyl (C=O) groups excluding carboxylic acids is 3. The smallest absolute Gasteiger partial charge is 0.321 e. The first-order valence-electron chi connectivity index (χ1n) is 6.53. The van der Waals surface area contributed by atoms with Gasteiger partial charge in [0, 0.05) is 6.04 Å². The fourth-order valence-electron chi connectivity index (χ4n) is 1.62. The van der Waals surface area contributed by atoms with E-state index >= 15 is 0 Å². The van der Waals surface area contributed by atoms with Gasteiger partial charge in [-0.15, -0.1) is 0 Å². The van der Waals surface area contributed by atoms with Crippen molar-refractivity contribution >= 4 is 17.9 Å². The van der Waals surface area contributed by atoms with Gasteiger partial charge in [0.25, 0.3) is 5.91 Å². The molecule has 0 saturated heterocycles. The van der Waals surface area contributed by atoms with Crippen LogP contribution in [0.4, 0.5) is 9.18 Å². The molecular weight excluding hydrogens is 279 g/mol. The van der Waals surface area contributed by atoms with Crippen molar-refractivity contribution in [1.82, 2.24) is 10.6 Å². The summed E-state index contributed by atoms with van der Waals surface area (Å²) in [7, 11) is 0. The van der Waals surface area contributed by atoms with E-state index in [1.807, 2.05) is 0 Å². The molecule has 3 amide bonds. The maximum absolute atomic E-state index is 12.9. The summed E-state index contributed by atoms with van der Waals surface area (Å²) < 4.78 is 17.6. The molecule has 2 N–H and O–H groups in total. The molecule has 1 aromatic carbocycles. The van der Waals surface area contributed by atoms with E-state index < -0.39 is 30.3 Å². The highest BCUT2D eigenvalue weighted by molar-refractivity contribution is 5.95. The zero-order valence-corrected chi connectivity index (χ0v) is 11.2. The lowest BCUT2D eigenvalue weighted by Gasteiger charge is -2.06. The highest BCUT2D eigenvalue weighted by Gasteiger charge is 2.24. The van der Waals surface area contributed by atoms with Gasteiger partial charge in [-0.1, -0.05) is 12.1 Å². The van der Waals surface area contributed by atoms with Crippen LogP contribution in [0.15, 0.2) is 24.3 Å². The van der Waals surface area contributed by atoms with Crippen LogP contribution in [-0.2, 0) is 20.7 Å². The van der Waals surface area contributed by atoms with Crippen LogP contribution in [0.1, 0.15) is 18.4 Å². The largest absolute Gasteiger partial charge is 0.455 e. The van der Waals surface area contributed by atoms with Crippen LogP contribution in [0, 0.1) is 5.82 Å². The van der Waals surface area contributed by atoms with Gasteiger partial charge in [0.15, 0.2) is 6.61 Å². The Hall–Kier alpha value is -2.44. The second-order valence-electron chi connectivity index (χ2n) is 4.76. The van der Waals surface area contributed by atoms with Gasteiger partial charge >= 0.3 is 12.0 Å². The maximum atomic E-state index is 12.9. The van der Waals surface area contributed by atoms with Crippen molar-refractivity contribution in [2.45, 2.75) is 25.3 Å². The number of esters is 1. The number of ether oxygens (including phenoxy) is 1. The van der Waals surface area contributed by atoms with Crippen LogP contribution in [0.2, 0.25) is 0 Å². The lowest BCUT2D eigenvalue weighted by atomic mass is 10.1. The molecule has 0 bridgehead atoms. The highest BCUT2D eigenvalue weighted by Crippen LogP contribution is 2.18. The van der Waals surface area contributed by atoms with Crippen LogP contribution in [0.3, 0.4) is 0 Å². The van der Waals surface area contributed by atoms with Crippen LogP contribution in [0.25, 0.3) is 0 Å². The molecule has 1 aliphatic rings. The van der Waals surface area contributed by atoms with Crippen molar-refractivity contribution in [3.63, 3.8) is 0 Å². The van der Waals surface area contributed by atoms with E-state index in [2.05, 4.69) is 10.6 Å². The van der Waals surface area contributed by atoms with E-state index in [4.69, 9.17) is 4.74 Å². The Morgan fingerprint density at radius 1 is 1.29 bits per heavy atom. The molecule has 21 heavy (non-hydrogen) atoms. The summed E-state index contributed by atoms with van der Waals surface area (Å²) in [5.74, 6) is -1.83. The molecule has 1 fully saturated rings. The van der Waals surface area contributed by atoms with Gasteiger partial charge < -0.3 is 10.1 Å². The summed E-state index contributed by atoms with van der Waals surface area (Å²) in [6.07, 6.45) is 1.67. The topological polar surface area (TPSA) is 84.5 Å². The van der Waals surface area contributed by atoms with E-state index in [0.29, 0.717) is 5.56 Å². The third kappa shape index (κ3) is 5.60. The summed E-state index contributed by atoms with van der Waals surface area (Å²) in [4.78, 5) is 34.1. The molecule has 2 rings (SSSR count). The summed E-state index contributed by atoms with van der Waals surface area (Å²) >= 11 is 0. The summed E-state index contributed by atoms with van der Waals surface area (Å²) in [6, 6.07) is 5.07. The highest BCUT2D eigenvalue weighted by atomic mass is 19.1. The van der Waals surface area contributed by atoms with Gasteiger partial charge in [-0.2, -0.15) is 0 Å². The number of imide groups is 1. The Labute approximate surface area is 120 Å². The number of hydrogen-bond acceptors (Lipinski definition) is 4. The first-order chi connectivity index (χ1) is 10.0. The number of benzene rings is 1. The number of nitrogens with one attached hydrogen (secondary N) is 2. The predicted molar refractivity (Wildman–Crippen MR) is 70.8 cm³/mol. The second-order valence-corrected chi connectivity index (χ2v) is 4.76. The van der Waals surface area contributed by atoms with E-state index in [1.165, 1.54) is 18.2 Å². The van der Waals surface area contributed by atoms with E-state index in [1.54, 1.807) is 6.07 Å². The Morgan fingerprint density at radius 2 is 2.05 bits per heavy atom. The lowest BCUT2D eigenvalue weighted by Crippen LogP contribution is -2.42. The van der Waals surface area contributed by atoms with Gasteiger partial charge in [0.2, 0.25) is 0 Å². The fraction of sp³-hybridized carbons (Fsp3) is 0.357. The molecule has 7 heteroatoms. The number of halogens is 1. The zero-order valence-electron chi connectivity index (χ0n) is 11.2. The van der Waals surface area contributed by atoms with E-state index in [0.717, 1.165) is 12.8 Å². The molecule has 0 radical (unpaired) electrons. The summed E-state index contributed by atoms with van der Waals surface area (Å²) in [5, 5.41) is 4.62. The minimum atomic E-state index is -0.708. The molecule has 0 spiro atoms. The molecule has 0 atom stereocenters. The van der Waals surface area contributed by atoms with E-state index in [9.17, 15) is 18.8 Å². The quantitative estimate of drug-likeness (QED) is 0.790. The SMILES string of the molecule is O=C(COC(=O)Cc1cccc(F)c1)NC(=O)NC1CC1. The van der Waals surface area contributed by atoms with Gasteiger partial charge in [-0.05, 0) is 30.5 Å². The zero-order chi connectivity index (χ0) is 15.2. The normalized spacial score (nSPS) is 13.4. The standard InChI is InChI=1S/C14H15FN2O4/c15-10-3-1-2-9(6-10)7-13(19)21-8-12(18)17-14(20)16-11-4-5-11/h1-3,6,11H,4-5,7-8H2,(H2,16,17,18,20). The number of amides is 3. The van der Waals surface area contributed by atoms with Gasteiger partial charge in [0.05, 0.1) is 6.42 Å². The number of carbonyl (C=O) groups is 3. The molecule has 1 aliphatic carbocycles. The monoisotopic (exact) mass is 294 g/mol. The Bertz CT molecular complexity index is 558. The number of rotatable bonds is 5. The van der Waals surface area contributed by atoms with Crippen LogP contribution < -0.4 is 10.6 Å². The molecule has 0 aromatic heterocycles. The first-order valence-corrected chi connectivity index (χ1v) is 6.53. The molecule has 0 aliphatic heterocycles. The average molecular weight is 294 g/mol. The van der Waals surface area contributed by atoms with Crippen molar-refractivity contribution in [2.75, 3.05) is 6.61 Å². The average Bonchev–Trinajstić information content (AvgIpc) is 3.20. The third-order valence-electron chi connectivity index (χ3n) is 2.77. The minimum absolute atomic E-state index is 0.133. The Morgan fingerprint density at radius 3 is 2.71 bits per heavy atom. The van der Waals surface area contributed by atoms with Crippen molar-refractivity contribution in [1.29, 1.82) is 0 Å². The Balaban J connectivity index is 1.68. The van der Waals surface area contributed by atoms with Crippen LogP contribution >= 0.6 is 0 Å². The molecule has 1 saturated carbocycles. The van der Waals surface area contributed by atoms with Crippen molar-refractivity contribution < 1.29 is 23.5 Å². The van der Waals surface area contributed by atoms with E-state index in [-0.39, 0.29) is 12.5 Å². The number of hydrogen-bond donors (Lipinski definition) is 2. The molecule has 0 unspecified atom stereocenters. The minimum Gasteiger partial charge on any atom is -0.455 e. The predicted octanol–water partition coefficient (Wildman–Crippen LogP) is 0.900.